The molecule has 1 fully saturated rings. The standard InChI is InChI=1S/C11H16N4O3/c1-11(17-4-5-18-11)2-3-14-9-7-13-6-8(15-9)10(12)16/h6-7H,2-5H2,1H3,(H2,12,16)(H,14,15). The Hall–Kier alpha value is -1.73. The number of primary amides is 1. The lowest BCUT2D eigenvalue weighted by molar-refractivity contribution is -0.144. The molecule has 0 spiro atoms. The number of hydrogen-bond donors (Lipinski definition) is 2. The number of carbonyl (C=O) groups is 1. The van der Waals surface area contributed by atoms with Gasteiger partial charge in [-0.3, -0.25) is 9.78 Å². The maximum atomic E-state index is 10.9. The molecule has 1 aromatic heterocycles. The van der Waals surface area contributed by atoms with E-state index in [9.17, 15) is 4.79 Å². The molecule has 0 atom stereocenters. The molecule has 1 amide bonds. The van der Waals surface area contributed by atoms with Crippen LogP contribution in [-0.2, 0) is 9.47 Å². The molecule has 7 heteroatoms. The van der Waals surface area contributed by atoms with Gasteiger partial charge in [-0.1, -0.05) is 0 Å². The third-order valence-electron chi connectivity index (χ3n) is 2.67. The Balaban J connectivity index is 1.86. The number of nitrogens with zero attached hydrogens (tertiary/aromatic N) is 2. The summed E-state index contributed by atoms with van der Waals surface area (Å²) in [5.74, 6) is -0.629. The molecule has 2 rings (SSSR count). The van der Waals surface area contributed by atoms with Gasteiger partial charge in [0.15, 0.2) is 5.79 Å². The first-order chi connectivity index (χ1) is 8.59. The van der Waals surface area contributed by atoms with Crippen molar-refractivity contribution in [3.63, 3.8) is 0 Å². The van der Waals surface area contributed by atoms with E-state index < -0.39 is 11.7 Å². The van der Waals surface area contributed by atoms with E-state index in [1.165, 1.54) is 12.4 Å². The first-order valence-corrected chi connectivity index (χ1v) is 5.73. The molecule has 1 saturated heterocycles. The minimum absolute atomic E-state index is 0.138. The Morgan fingerprint density at radius 2 is 2.22 bits per heavy atom. The van der Waals surface area contributed by atoms with Gasteiger partial charge in [0, 0.05) is 13.0 Å². The zero-order valence-corrected chi connectivity index (χ0v) is 10.2. The molecule has 3 N–H and O–H groups in total. The highest BCUT2D eigenvalue weighted by atomic mass is 16.7. The molecule has 1 aliphatic heterocycles. The van der Waals surface area contributed by atoms with Gasteiger partial charge in [-0.2, -0.15) is 0 Å². The number of aromatic nitrogens is 2. The van der Waals surface area contributed by atoms with E-state index in [0.29, 0.717) is 32.0 Å². The number of anilines is 1. The smallest absolute Gasteiger partial charge is 0.268 e. The molecule has 18 heavy (non-hydrogen) atoms. The second-order valence-corrected chi connectivity index (χ2v) is 4.16. The molecule has 1 aliphatic rings. The number of rotatable bonds is 5. The highest BCUT2D eigenvalue weighted by Gasteiger charge is 2.30. The zero-order valence-electron chi connectivity index (χ0n) is 10.2. The fourth-order valence-corrected chi connectivity index (χ4v) is 1.69. The van der Waals surface area contributed by atoms with Crippen LogP contribution < -0.4 is 11.1 Å². The van der Waals surface area contributed by atoms with Crippen molar-refractivity contribution in [1.29, 1.82) is 0 Å². The van der Waals surface area contributed by atoms with Crippen molar-refractivity contribution >= 4 is 11.7 Å². The maximum Gasteiger partial charge on any atom is 0.268 e. The largest absolute Gasteiger partial charge is 0.369 e. The molecular formula is C11H16N4O3. The van der Waals surface area contributed by atoms with E-state index in [0.717, 1.165) is 0 Å². The van der Waals surface area contributed by atoms with Crippen molar-refractivity contribution in [3.8, 4) is 0 Å². The lowest BCUT2D eigenvalue weighted by atomic mass is 10.2. The highest BCUT2D eigenvalue weighted by Crippen LogP contribution is 2.22. The predicted molar refractivity (Wildman–Crippen MR) is 64.0 cm³/mol. The Morgan fingerprint density at radius 1 is 1.50 bits per heavy atom. The van der Waals surface area contributed by atoms with Crippen LogP contribution in [0.5, 0.6) is 0 Å². The van der Waals surface area contributed by atoms with Crippen molar-refractivity contribution in [3.05, 3.63) is 18.1 Å². The summed E-state index contributed by atoms with van der Waals surface area (Å²) in [6.07, 6.45) is 3.54. The number of nitrogens with two attached hydrogens (primary N) is 1. The third kappa shape index (κ3) is 3.14. The van der Waals surface area contributed by atoms with Crippen molar-refractivity contribution in [2.24, 2.45) is 5.73 Å². The van der Waals surface area contributed by atoms with Crippen LogP contribution in [0, 0.1) is 0 Å². The van der Waals surface area contributed by atoms with Gasteiger partial charge in [-0.15, -0.1) is 0 Å². The molecule has 0 unspecified atom stereocenters. The van der Waals surface area contributed by atoms with E-state index in [4.69, 9.17) is 15.2 Å². The van der Waals surface area contributed by atoms with Gasteiger partial charge in [0.1, 0.15) is 11.5 Å². The molecule has 7 nitrogen and oxygen atoms in total. The molecule has 0 aliphatic carbocycles. The third-order valence-corrected chi connectivity index (χ3v) is 2.67. The molecule has 0 bridgehead atoms. The number of amides is 1. The zero-order chi connectivity index (χ0) is 13.0. The topological polar surface area (TPSA) is 99.4 Å². The molecule has 0 radical (unpaired) electrons. The summed E-state index contributed by atoms with van der Waals surface area (Å²) in [5, 5.41) is 3.05. The lowest BCUT2D eigenvalue weighted by Crippen LogP contribution is -2.28. The summed E-state index contributed by atoms with van der Waals surface area (Å²) in [5.41, 5.74) is 5.26. The fourth-order valence-electron chi connectivity index (χ4n) is 1.69. The summed E-state index contributed by atoms with van der Waals surface area (Å²) in [4.78, 5) is 18.9. The Labute approximate surface area is 105 Å². The summed E-state index contributed by atoms with van der Waals surface area (Å²) < 4.78 is 10.9. The van der Waals surface area contributed by atoms with Gasteiger partial charge in [0.25, 0.3) is 5.91 Å². The SMILES string of the molecule is CC1(CCNc2cncc(C(N)=O)n2)OCCO1. The first-order valence-electron chi connectivity index (χ1n) is 5.73. The molecular weight excluding hydrogens is 236 g/mol. The van der Waals surface area contributed by atoms with Gasteiger partial charge in [-0.05, 0) is 6.92 Å². The van der Waals surface area contributed by atoms with Crippen LogP contribution in [0.1, 0.15) is 23.8 Å². The fraction of sp³-hybridized carbons (Fsp3) is 0.545. The van der Waals surface area contributed by atoms with E-state index in [2.05, 4.69) is 15.3 Å². The van der Waals surface area contributed by atoms with E-state index in [-0.39, 0.29) is 5.69 Å². The normalized spacial score (nSPS) is 17.6. The Kier molecular flexibility index (Phi) is 3.73. The number of hydrogen-bond acceptors (Lipinski definition) is 6. The van der Waals surface area contributed by atoms with Gasteiger partial charge in [-0.25, -0.2) is 4.98 Å². The van der Waals surface area contributed by atoms with E-state index >= 15 is 0 Å². The maximum absolute atomic E-state index is 10.9. The summed E-state index contributed by atoms with van der Waals surface area (Å²) in [6.45, 7) is 3.74. The molecule has 2 heterocycles. The predicted octanol–water partition coefficient (Wildman–Crippen LogP) is 0.141. The number of carbonyl (C=O) groups excluding carboxylic acids is 1. The van der Waals surface area contributed by atoms with Crippen LogP contribution in [-0.4, -0.2) is 41.4 Å². The van der Waals surface area contributed by atoms with Crippen molar-refractivity contribution in [2.75, 3.05) is 25.1 Å². The molecule has 1 aromatic rings. The van der Waals surface area contributed by atoms with E-state index in [1.54, 1.807) is 0 Å². The first kappa shape index (κ1) is 12.7. The monoisotopic (exact) mass is 252 g/mol. The van der Waals surface area contributed by atoms with Crippen molar-refractivity contribution in [2.45, 2.75) is 19.1 Å². The molecule has 98 valence electrons. The quantitative estimate of drug-likeness (QED) is 0.773. The van der Waals surface area contributed by atoms with Crippen LogP contribution in [0.25, 0.3) is 0 Å². The minimum Gasteiger partial charge on any atom is -0.369 e. The second kappa shape index (κ2) is 5.28. The van der Waals surface area contributed by atoms with Gasteiger partial charge < -0.3 is 20.5 Å². The van der Waals surface area contributed by atoms with Crippen molar-refractivity contribution in [1.82, 2.24) is 9.97 Å². The lowest BCUT2D eigenvalue weighted by Gasteiger charge is -2.22. The van der Waals surface area contributed by atoms with Crippen LogP contribution in [0.4, 0.5) is 5.82 Å². The second-order valence-electron chi connectivity index (χ2n) is 4.16. The summed E-state index contributed by atoms with van der Waals surface area (Å²) in [6, 6.07) is 0. The summed E-state index contributed by atoms with van der Waals surface area (Å²) >= 11 is 0. The van der Waals surface area contributed by atoms with Crippen LogP contribution in [0.15, 0.2) is 12.4 Å². The van der Waals surface area contributed by atoms with E-state index in [1.807, 2.05) is 6.92 Å². The minimum atomic E-state index is -0.597. The number of ether oxygens (including phenoxy) is 2. The highest BCUT2D eigenvalue weighted by molar-refractivity contribution is 5.90. The average Bonchev–Trinajstić information content (AvgIpc) is 2.77. The van der Waals surface area contributed by atoms with Crippen LogP contribution in [0.3, 0.4) is 0 Å². The van der Waals surface area contributed by atoms with Crippen LogP contribution >= 0.6 is 0 Å². The van der Waals surface area contributed by atoms with Gasteiger partial charge in [0.05, 0.1) is 25.6 Å². The Morgan fingerprint density at radius 3 is 2.89 bits per heavy atom. The van der Waals surface area contributed by atoms with Crippen LogP contribution in [0.2, 0.25) is 0 Å². The summed E-state index contributed by atoms with van der Waals surface area (Å²) in [7, 11) is 0. The van der Waals surface area contributed by atoms with Gasteiger partial charge in [0.2, 0.25) is 0 Å². The molecule has 0 aromatic carbocycles. The number of nitrogens with one attached hydrogen (secondary N) is 1. The molecule has 0 saturated carbocycles. The van der Waals surface area contributed by atoms with Gasteiger partial charge >= 0.3 is 0 Å². The van der Waals surface area contributed by atoms with Crippen molar-refractivity contribution < 1.29 is 14.3 Å². The average molecular weight is 252 g/mol. The Bertz CT molecular complexity index is 432.